The molecule has 8 heteroatoms. The molecule has 1 aromatic heterocycles. The van der Waals surface area contributed by atoms with Gasteiger partial charge in [0.2, 0.25) is 10.0 Å². The number of halogens is 1. The first-order chi connectivity index (χ1) is 9.39. The average molecular weight is 302 g/mol. The maximum Gasteiger partial charge on any atom is 0.303 e. The molecule has 1 saturated heterocycles. The maximum atomic E-state index is 13.1. The summed E-state index contributed by atoms with van der Waals surface area (Å²) < 4.78 is 38.9. The van der Waals surface area contributed by atoms with E-state index in [1.165, 1.54) is 4.31 Å². The quantitative estimate of drug-likeness (QED) is 0.899. The van der Waals surface area contributed by atoms with Crippen LogP contribution >= 0.6 is 0 Å². The van der Waals surface area contributed by atoms with Gasteiger partial charge in [-0.2, -0.15) is 4.31 Å². The van der Waals surface area contributed by atoms with Crippen molar-refractivity contribution in [3.05, 3.63) is 24.3 Å². The number of hydrogen-bond acceptors (Lipinski definition) is 4. The highest BCUT2D eigenvalue weighted by molar-refractivity contribution is 7.89. The summed E-state index contributed by atoms with van der Waals surface area (Å²) in [6, 6.07) is 0.936. The van der Waals surface area contributed by atoms with Crippen LogP contribution in [0.4, 0.5) is 4.39 Å². The van der Waals surface area contributed by atoms with Gasteiger partial charge in [-0.3, -0.25) is 9.78 Å². The van der Waals surface area contributed by atoms with Gasteiger partial charge in [-0.1, -0.05) is 0 Å². The molecule has 110 valence electrons. The largest absolute Gasteiger partial charge is 0.481 e. The third-order valence-electron chi connectivity index (χ3n) is 3.35. The standard InChI is InChI=1S/C12H15FN2O4S/c13-10-6-11(8-14-7-10)20(18,19)15-3-1-9(2-4-15)5-12(16)17/h6-9H,1-5H2,(H,16,17). The van der Waals surface area contributed by atoms with Crippen LogP contribution in [0.2, 0.25) is 0 Å². The second-order valence-electron chi connectivity index (χ2n) is 4.78. The van der Waals surface area contributed by atoms with Crippen LogP contribution in [-0.4, -0.2) is 41.9 Å². The van der Waals surface area contributed by atoms with Crippen LogP contribution in [-0.2, 0) is 14.8 Å². The van der Waals surface area contributed by atoms with E-state index in [2.05, 4.69) is 4.98 Å². The molecule has 0 saturated carbocycles. The SMILES string of the molecule is O=C(O)CC1CCN(S(=O)(=O)c2cncc(F)c2)CC1. The fourth-order valence-electron chi connectivity index (χ4n) is 2.28. The summed E-state index contributed by atoms with van der Waals surface area (Å²) in [4.78, 5) is 14.0. The minimum Gasteiger partial charge on any atom is -0.481 e. The van der Waals surface area contributed by atoms with Gasteiger partial charge in [-0.15, -0.1) is 0 Å². The molecule has 6 nitrogen and oxygen atoms in total. The molecule has 0 aromatic carbocycles. The van der Waals surface area contributed by atoms with Crippen molar-refractivity contribution in [2.24, 2.45) is 5.92 Å². The monoisotopic (exact) mass is 302 g/mol. The lowest BCUT2D eigenvalue weighted by Gasteiger charge is -2.30. The number of carboxylic acids is 1. The number of nitrogens with zero attached hydrogens (tertiary/aromatic N) is 2. The Balaban J connectivity index is 2.08. The van der Waals surface area contributed by atoms with Crippen LogP contribution in [0.5, 0.6) is 0 Å². The Morgan fingerprint density at radius 2 is 2.05 bits per heavy atom. The zero-order valence-electron chi connectivity index (χ0n) is 10.7. The molecular formula is C12H15FN2O4S. The van der Waals surface area contributed by atoms with Crippen LogP contribution in [0.25, 0.3) is 0 Å². The van der Waals surface area contributed by atoms with E-state index in [4.69, 9.17) is 5.11 Å². The Bertz CT molecular complexity index is 597. The third-order valence-corrected chi connectivity index (χ3v) is 5.22. The summed E-state index contributed by atoms with van der Waals surface area (Å²) >= 11 is 0. The minimum absolute atomic E-state index is 0.00964. The summed E-state index contributed by atoms with van der Waals surface area (Å²) in [6.45, 7) is 0.494. The Morgan fingerprint density at radius 3 is 2.60 bits per heavy atom. The Kier molecular flexibility index (Phi) is 4.34. The highest BCUT2D eigenvalue weighted by atomic mass is 32.2. The first-order valence-electron chi connectivity index (χ1n) is 6.22. The molecule has 0 aliphatic carbocycles. The molecule has 1 aliphatic rings. The van der Waals surface area contributed by atoms with E-state index in [0.717, 1.165) is 18.5 Å². The second kappa shape index (κ2) is 5.84. The van der Waals surface area contributed by atoms with Gasteiger partial charge in [-0.05, 0) is 24.8 Å². The fraction of sp³-hybridized carbons (Fsp3) is 0.500. The van der Waals surface area contributed by atoms with Crippen molar-refractivity contribution in [1.82, 2.24) is 9.29 Å². The molecule has 0 radical (unpaired) electrons. The molecule has 0 amide bonds. The van der Waals surface area contributed by atoms with Crippen LogP contribution < -0.4 is 0 Å². The molecule has 2 heterocycles. The number of rotatable bonds is 4. The van der Waals surface area contributed by atoms with E-state index in [0.29, 0.717) is 12.8 Å². The highest BCUT2D eigenvalue weighted by Crippen LogP contribution is 2.25. The lowest BCUT2D eigenvalue weighted by atomic mass is 9.95. The summed E-state index contributed by atoms with van der Waals surface area (Å²) in [5.41, 5.74) is 0. The van der Waals surface area contributed by atoms with E-state index in [1.54, 1.807) is 0 Å². The summed E-state index contributed by atoms with van der Waals surface area (Å²) in [5, 5.41) is 8.72. The lowest BCUT2D eigenvalue weighted by Crippen LogP contribution is -2.38. The Morgan fingerprint density at radius 1 is 1.40 bits per heavy atom. The average Bonchev–Trinajstić information content (AvgIpc) is 2.38. The molecule has 1 N–H and O–H groups in total. The van der Waals surface area contributed by atoms with Crippen molar-refractivity contribution >= 4 is 16.0 Å². The zero-order valence-corrected chi connectivity index (χ0v) is 11.5. The molecule has 1 fully saturated rings. The van der Waals surface area contributed by atoms with Gasteiger partial charge in [0.25, 0.3) is 0 Å². The van der Waals surface area contributed by atoms with E-state index in [-0.39, 0.29) is 30.3 Å². The lowest BCUT2D eigenvalue weighted by molar-refractivity contribution is -0.138. The van der Waals surface area contributed by atoms with E-state index in [9.17, 15) is 17.6 Å². The summed E-state index contributed by atoms with van der Waals surface area (Å²) in [5.74, 6) is -1.59. The molecule has 0 spiro atoms. The van der Waals surface area contributed by atoms with Crippen molar-refractivity contribution in [3.63, 3.8) is 0 Å². The molecule has 0 bridgehead atoms. The first kappa shape index (κ1) is 14.9. The van der Waals surface area contributed by atoms with Crippen LogP contribution in [0, 0.1) is 11.7 Å². The summed E-state index contributed by atoms with van der Waals surface area (Å²) in [7, 11) is -3.75. The van der Waals surface area contributed by atoms with Crippen molar-refractivity contribution in [3.8, 4) is 0 Å². The third kappa shape index (κ3) is 3.31. The van der Waals surface area contributed by atoms with Crippen LogP contribution in [0.3, 0.4) is 0 Å². The van der Waals surface area contributed by atoms with Gasteiger partial charge in [0.1, 0.15) is 10.7 Å². The highest BCUT2D eigenvalue weighted by Gasteiger charge is 2.30. The predicted molar refractivity (Wildman–Crippen MR) is 67.9 cm³/mol. The van der Waals surface area contributed by atoms with Gasteiger partial charge >= 0.3 is 5.97 Å². The summed E-state index contributed by atoms with van der Waals surface area (Å²) in [6.07, 6.45) is 3.10. The van der Waals surface area contributed by atoms with E-state index >= 15 is 0 Å². The molecular weight excluding hydrogens is 287 g/mol. The van der Waals surface area contributed by atoms with Gasteiger partial charge in [0.05, 0.1) is 6.20 Å². The number of aromatic nitrogens is 1. The van der Waals surface area contributed by atoms with Crippen molar-refractivity contribution in [2.75, 3.05) is 13.1 Å². The molecule has 0 unspecified atom stereocenters. The topological polar surface area (TPSA) is 87.6 Å². The number of hydrogen-bond donors (Lipinski definition) is 1. The van der Waals surface area contributed by atoms with E-state index < -0.39 is 21.8 Å². The molecule has 1 aliphatic heterocycles. The normalized spacial score (nSPS) is 18.1. The number of aliphatic carboxylic acids is 1. The van der Waals surface area contributed by atoms with Gasteiger partial charge in [-0.25, -0.2) is 12.8 Å². The Hall–Kier alpha value is -1.54. The number of sulfonamides is 1. The Labute approximate surface area is 116 Å². The molecule has 20 heavy (non-hydrogen) atoms. The minimum atomic E-state index is -3.75. The van der Waals surface area contributed by atoms with Crippen molar-refractivity contribution in [2.45, 2.75) is 24.2 Å². The maximum absolute atomic E-state index is 13.1. The van der Waals surface area contributed by atoms with Crippen LogP contribution in [0.1, 0.15) is 19.3 Å². The smallest absolute Gasteiger partial charge is 0.303 e. The number of carbonyl (C=O) groups is 1. The van der Waals surface area contributed by atoms with Crippen LogP contribution in [0.15, 0.2) is 23.4 Å². The van der Waals surface area contributed by atoms with Crippen molar-refractivity contribution < 1.29 is 22.7 Å². The van der Waals surface area contributed by atoms with Gasteiger partial charge in [0, 0.05) is 25.7 Å². The second-order valence-corrected chi connectivity index (χ2v) is 6.72. The van der Waals surface area contributed by atoms with Crippen molar-refractivity contribution in [1.29, 1.82) is 0 Å². The van der Waals surface area contributed by atoms with E-state index in [1.807, 2.05) is 0 Å². The number of pyridine rings is 1. The predicted octanol–water partition coefficient (Wildman–Crippen LogP) is 1.10. The first-order valence-corrected chi connectivity index (χ1v) is 7.66. The molecule has 2 rings (SSSR count). The fourth-order valence-corrected chi connectivity index (χ4v) is 3.73. The number of piperidine rings is 1. The molecule has 0 atom stereocenters. The van der Waals surface area contributed by atoms with Gasteiger partial charge < -0.3 is 5.11 Å². The molecule has 1 aromatic rings. The number of carboxylic acid groups (broad SMARTS) is 1. The zero-order chi connectivity index (χ0) is 14.8. The van der Waals surface area contributed by atoms with Gasteiger partial charge in [0.15, 0.2) is 0 Å².